The minimum atomic E-state index is -4.44. The monoisotopic (exact) mass is 316 g/mol. The first-order valence-corrected chi connectivity index (χ1v) is 7.06. The zero-order chi connectivity index (χ0) is 17.0. The van der Waals surface area contributed by atoms with Crippen molar-refractivity contribution in [2.24, 2.45) is 0 Å². The third-order valence-electron chi connectivity index (χ3n) is 3.40. The van der Waals surface area contributed by atoms with Crippen molar-refractivity contribution >= 4 is 11.6 Å². The highest BCUT2D eigenvalue weighted by Crippen LogP contribution is 2.29. The van der Waals surface area contributed by atoms with Crippen LogP contribution in [0.5, 0.6) is 0 Å². The molecule has 0 amide bonds. The Morgan fingerprint density at radius 1 is 1.13 bits per heavy atom. The minimum Gasteiger partial charge on any atom is -0.255 e. The van der Waals surface area contributed by atoms with Crippen molar-refractivity contribution in [1.82, 2.24) is 4.98 Å². The highest BCUT2D eigenvalue weighted by Gasteiger charge is 2.30. The van der Waals surface area contributed by atoms with E-state index >= 15 is 0 Å². The average molecular weight is 316 g/mol. The molecule has 0 atom stereocenters. The molecule has 0 saturated carbocycles. The fourth-order valence-corrected chi connectivity index (χ4v) is 2.03. The van der Waals surface area contributed by atoms with Gasteiger partial charge in [-0.25, -0.2) is 0 Å². The topological polar surface area (TPSA) is 36.7 Å². The van der Waals surface area contributed by atoms with Crippen LogP contribution in [0.4, 0.5) is 13.2 Å². The van der Waals surface area contributed by atoms with Crippen molar-refractivity contribution in [2.75, 3.05) is 0 Å². The summed E-state index contributed by atoms with van der Waals surface area (Å²) in [5, 5.41) is 9.23. The van der Waals surface area contributed by atoms with Gasteiger partial charge >= 0.3 is 6.18 Å². The van der Waals surface area contributed by atoms with E-state index in [9.17, 15) is 18.4 Å². The summed E-state index contributed by atoms with van der Waals surface area (Å²) in [6.07, 6.45) is -2.09. The van der Waals surface area contributed by atoms with E-state index in [0.717, 1.165) is 17.8 Å². The summed E-state index contributed by atoms with van der Waals surface area (Å²) < 4.78 is 37.6. The van der Waals surface area contributed by atoms with Gasteiger partial charge in [0.1, 0.15) is 6.07 Å². The maximum Gasteiger partial charge on any atom is 0.417 e. The molecule has 1 heterocycles. The molecule has 0 radical (unpaired) electrons. The molecule has 2 nitrogen and oxygen atoms in total. The molecule has 0 spiro atoms. The van der Waals surface area contributed by atoms with Gasteiger partial charge in [-0.3, -0.25) is 4.98 Å². The zero-order valence-corrected chi connectivity index (χ0v) is 12.7. The lowest BCUT2D eigenvalue weighted by Crippen LogP contribution is -2.05. The lowest BCUT2D eigenvalue weighted by atomic mass is 10.0. The lowest BCUT2D eigenvalue weighted by molar-refractivity contribution is -0.137. The first kappa shape index (κ1) is 16.8. The minimum absolute atomic E-state index is 0.216. The molecule has 1 aromatic heterocycles. The number of hydrogen-bond acceptors (Lipinski definition) is 2. The van der Waals surface area contributed by atoms with Crippen molar-refractivity contribution < 1.29 is 13.2 Å². The van der Waals surface area contributed by atoms with Gasteiger partial charge < -0.3 is 0 Å². The van der Waals surface area contributed by atoms with Gasteiger partial charge in [-0.2, -0.15) is 18.4 Å². The van der Waals surface area contributed by atoms with Crippen LogP contribution in [0.2, 0.25) is 0 Å². The largest absolute Gasteiger partial charge is 0.417 e. The molecule has 0 aliphatic heterocycles. The number of aromatic nitrogens is 1. The molecule has 118 valence electrons. The Balaban J connectivity index is 2.30. The number of allylic oxidation sites excluding steroid dienone is 1. The number of alkyl halides is 3. The second kappa shape index (κ2) is 6.66. The Morgan fingerprint density at radius 2 is 1.78 bits per heavy atom. The number of benzene rings is 1. The molecule has 0 fully saturated rings. The molecule has 2 aromatic rings. The molecule has 0 saturated heterocycles. The molecule has 5 heteroatoms. The van der Waals surface area contributed by atoms with E-state index in [1.54, 1.807) is 6.08 Å². The highest BCUT2D eigenvalue weighted by atomic mass is 19.4. The number of halogens is 3. The van der Waals surface area contributed by atoms with E-state index in [0.29, 0.717) is 5.92 Å². The predicted molar refractivity (Wildman–Crippen MR) is 83.3 cm³/mol. The molecular weight excluding hydrogens is 301 g/mol. The van der Waals surface area contributed by atoms with Crippen LogP contribution in [-0.2, 0) is 6.18 Å². The van der Waals surface area contributed by atoms with Gasteiger partial charge in [0.15, 0.2) is 0 Å². The van der Waals surface area contributed by atoms with Crippen LogP contribution >= 0.6 is 0 Å². The summed E-state index contributed by atoms with van der Waals surface area (Å²) in [4.78, 5) is 3.75. The van der Waals surface area contributed by atoms with Gasteiger partial charge in [-0.1, -0.05) is 38.1 Å². The first-order chi connectivity index (χ1) is 10.8. The summed E-state index contributed by atoms with van der Waals surface area (Å²) in [5.74, 6) is 0.403. The Morgan fingerprint density at radius 3 is 2.22 bits per heavy atom. The van der Waals surface area contributed by atoms with Crippen LogP contribution in [0.1, 0.15) is 42.1 Å². The third kappa shape index (κ3) is 4.19. The number of rotatable bonds is 3. The van der Waals surface area contributed by atoms with E-state index in [1.165, 1.54) is 11.6 Å². The average Bonchev–Trinajstić information content (AvgIpc) is 2.52. The van der Waals surface area contributed by atoms with E-state index < -0.39 is 11.7 Å². The third-order valence-corrected chi connectivity index (χ3v) is 3.40. The van der Waals surface area contributed by atoms with Crippen molar-refractivity contribution in [2.45, 2.75) is 25.9 Å². The first-order valence-electron chi connectivity index (χ1n) is 7.06. The number of nitriles is 1. The fraction of sp³-hybridized carbons (Fsp3) is 0.222. The number of pyridine rings is 1. The van der Waals surface area contributed by atoms with E-state index in [-0.39, 0.29) is 11.3 Å². The second-order valence-electron chi connectivity index (χ2n) is 5.42. The summed E-state index contributed by atoms with van der Waals surface area (Å²) >= 11 is 0. The normalized spacial score (nSPS) is 12.3. The number of nitrogens with zero attached hydrogens (tertiary/aromatic N) is 2. The fourth-order valence-electron chi connectivity index (χ4n) is 2.03. The summed E-state index contributed by atoms with van der Waals surface area (Å²) in [6, 6.07) is 11.8. The van der Waals surface area contributed by atoms with Crippen LogP contribution in [0, 0.1) is 11.3 Å². The summed E-state index contributed by atoms with van der Waals surface area (Å²) in [6.45, 7) is 4.16. The zero-order valence-electron chi connectivity index (χ0n) is 12.7. The summed E-state index contributed by atoms with van der Waals surface area (Å²) in [7, 11) is 0. The van der Waals surface area contributed by atoms with Crippen molar-refractivity contribution in [3.8, 4) is 6.07 Å². The van der Waals surface area contributed by atoms with E-state index in [4.69, 9.17) is 0 Å². The molecule has 23 heavy (non-hydrogen) atoms. The van der Waals surface area contributed by atoms with Crippen LogP contribution in [-0.4, -0.2) is 4.98 Å². The second-order valence-corrected chi connectivity index (χ2v) is 5.42. The van der Waals surface area contributed by atoms with Crippen LogP contribution in [0.3, 0.4) is 0 Å². The molecule has 0 aliphatic carbocycles. The highest BCUT2D eigenvalue weighted by molar-refractivity contribution is 5.88. The van der Waals surface area contributed by atoms with Crippen LogP contribution < -0.4 is 0 Å². The molecular formula is C18H15F3N2. The van der Waals surface area contributed by atoms with E-state index in [2.05, 4.69) is 18.8 Å². The SMILES string of the molecule is CC(C)c1ccc(/C=C(\C#N)c2ccc(C(F)(F)F)cn2)cc1. The van der Waals surface area contributed by atoms with Crippen molar-refractivity contribution in [3.05, 3.63) is 65.0 Å². The Labute approximate surface area is 132 Å². The smallest absolute Gasteiger partial charge is 0.255 e. The van der Waals surface area contributed by atoms with Gasteiger partial charge in [0.2, 0.25) is 0 Å². The predicted octanol–water partition coefficient (Wildman–Crippen LogP) is 5.29. The van der Waals surface area contributed by atoms with Crippen LogP contribution in [0.25, 0.3) is 11.6 Å². The van der Waals surface area contributed by atoms with E-state index in [1.807, 2.05) is 30.3 Å². The van der Waals surface area contributed by atoms with Crippen LogP contribution in [0.15, 0.2) is 42.6 Å². The maximum atomic E-state index is 12.5. The van der Waals surface area contributed by atoms with Gasteiger partial charge in [-0.05, 0) is 35.3 Å². The molecule has 0 bridgehead atoms. The molecule has 2 rings (SSSR count). The lowest BCUT2D eigenvalue weighted by Gasteiger charge is -2.07. The number of hydrogen-bond donors (Lipinski definition) is 0. The van der Waals surface area contributed by atoms with Crippen molar-refractivity contribution in [3.63, 3.8) is 0 Å². The quantitative estimate of drug-likeness (QED) is 0.722. The Kier molecular flexibility index (Phi) is 4.85. The Hall–Kier alpha value is -2.61. The van der Waals surface area contributed by atoms with Gasteiger partial charge in [0.05, 0.1) is 16.8 Å². The molecule has 0 N–H and O–H groups in total. The standard InChI is InChI=1S/C18H15F3N2/c1-12(2)14-5-3-13(4-6-14)9-15(10-22)17-8-7-16(11-23-17)18(19,20)21/h3-9,11-12H,1-2H3/b15-9+. The molecule has 1 aromatic carbocycles. The Bertz CT molecular complexity index is 734. The molecule has 0 unspecified atom stereocenters. The summed E-state index contributed by atoms with van der Waals surface area (Å²) in [5.41, 5.74) is 1.57. The van der Waals surface area contributed by atoms with Gasteiger partial charge in [0.25, 0.3) is 0 Å². The van der Waals surface area contributed by atoms with Crippen molar-refractivity contribution in [1.29, 1.82) is 5.26 Å². The van der Waals surface area contributed by atoms with Gasteiger partial charge in [0, 0.05) is 6.20 Å². The molecule has 0 aliphatic rings. The van der Waals surface area contributed by atoms with Gasteiger partial charge in [-0.15, -0.1) is 0 Å². The maximum absolute atomic E-state index is 12.5.